The smallest absolute Gasteiger partial charge is 0.318 e. The molecule has 122 valence electrons. The van der Waals surface area contributed by atoms with E-state index in [1.807, 2.05) is 27.7 Å². The summed E-state index contributed by atoms with van der Waals surface area (Å²) < 4.78 is 5.29. The van der Waals surface area contributed by atoms with E-state index in [2.05, 4.69) is 5.32 Å². The number of nitrogens with one attached hydrogen (secondary N) is 1. The van der Waals surface area contributed by atoms with Gasteiger partial charge in [-0.1, -0.05) is 20.8 Å². The van der Waals surface area contributed by atoms with Crippen LogP contribution in [-0.2, 0) is 9.53 Å². The summed E-state index contributed by atoms with van der Waals surface area (Å²) in [6.07, 6.45) is 2.45. The third-order valence-electron chi connectivity index (χ3n) is 4.46. The molecule has 6 heteroatoms. The maximum absolute atomic E-state index is 12.6. The third kappa shape index (κ3) is 4.33. The van der Waals surface area contributed by atoms with Gasteiger partial charge in [0.25, 0.3) is 0 Å². The predicted molar refractivity (Wildman–Crippen MR) is 80.2 cm³/mol. The summed E-state index contributed by atoms with van der Waals surface area (Å²) in [5.41, 5.74) is -0.263. The van der Waals surface area contributed by atoms with Gasteiger partial charge < -0.3 is 20.1 Å². The molecule has 0 aliphatic carbocycles. The van der Waals surface area contributed by atoms with Crippen LogP contribution in [0.3, 0.4) is 0 Å². The summed E-state index contributed by atoms with van der Waals surface area (Å²) >= 11 is 0. The van der Waals surface area contributed by atoms with E-state index in [1.54, 1.807) is 4.90 Å². The van der Waals surface area contributed by atoms with Crippen molar-refractivity contribution in [3.8, 4) is 0 Å². The lowest BCUT2D eigenvalue weighted by Crippen LogP contribution is -2.56. The maximum Gasteiger partial charge on any atom is 0.318 e. The van der Waals surface area contributed by atoms with Gasteiger partial charge in [0.15, 0.2) is 0 Å². The monoisotopic (exact) mass is 300 g/mol. The van der Waals surface area contributed by atoms with Crippen LogP contribution in [0, 0.1) is 5.92 Å². The van der Waals surface area contributed by atoms with Crippen LogP contribution in [0.5, 0.6) is 0 Å². The first-order valence-corrected chi connectivity index (χ1v) is 7.77. The van der Waals surface area contributed by atoms with E-state index in [-0.39, 0.29) is 24.2 Å². The van der Waals surface area contributed by atoms with Crippen molar-refractivity contribution >= 4 is 12.0 Å². The summed E-state index contributed by atoms with van der Waals surface area (Å²) in [5, 5.41) is 12.3. The Kier molecular flexibility index (Phi) is 6.45. The molecule has 1 rings (SSSR count). The van der Waals surface area contributed by atoms with Crippen LogP contribution in [0.1, 0.15) is 47.0 Å². The van der Waals surface area contributed by atoms with Crippen LogP contribution in [0.4, 0.5) is 4.79 Å². The molecule has 2 amide bonds. The van der Waals surface area contributed by atoms with Crippen LogP contribution < -0.4 is 5.32 Å². The molecule has 2 atom stereocenters. The highest BCUT2D eigenvalue weighted by atomic mass is 16.5. The van der Waals surface area contributed by atoms with E-state index in [0.717, 1.165) is 19.3 Å². The molecular formula is C15H28N2O4. The summed E-state index contributed by atoms with van der Waals surface area (Å²) in [7, 11) is 0. The predicted octanol–water partition coefficient (Wildman–Crippen LogP) is 2.09. The lowest BCUT2D eigenvalue weighted by Gasteiger charge is -2.35. The van der Waals surface area contributed by atoms with Crippen LogP contribution in [-0.4, -0.2) is 53.3 Å². The molecule has 0 bridgehead atoms. The Morgan fingerprint density at radius 2 is 1.90 bits per heavy atom. The van der Waals surface area contributed by atoms with Gasteiger partial charge in [0.2, 0.25) is 0 Å². The molecule has 2 unspecified atom stereocenters. The van der Waals surface area contributed by atoms with E-state index in [1.165, 1.54) is 0 Å². The molecule has 0 aromatic carbocycles. The molecule has 0 radical (unpaired) electrons. The molecule has 2 N–H and O–H groups in total. The number of carbonyl (C=O) groups excluding carboxylic acids is 1. The number of hydrogen-bond donors (Lipinski definition) is 2. The fourth-order valence-electron chi connectivity index (χ4n) is 2.50. The van der Waals surface area contributed by atoms with Crippen LogP contribution >= 0.6 is 0 Å². The Morgan fingerprint density at radius 3 is 2.38 bits per heavy atom. The van der Waals surface area contributed by atoms with Gasteiger partial charge in [-0.25, -0.2) is 4.79 Å². The standard InChI is InChI=1S/C15H28N2O4/c1-5-8-17(12-10-21-9-11(12)13(18)19)14(20)16-15(4,6-2)7-3/h11-12H,5-10H2,1-4H3,(H,16,20)(H,18,19). The lowest BCUT2D eigenvalue weighted by molar-refractivity contribution is -0.142. The number of rotatable bonds is 7. The van der Waals surface area contributed by atoms with E-state index in [4.69, 9.17) is 4.74 Å². The molecule has 0 aromatic rings. The van der Waals surface area contributed by atoms with Crippen LogP contribution in [0.15, 0.2) is 0 Å². The second kappa shape index (κ2) is 7.64. The molecule has 0 spiro atoms. The lowest BCUT2D eigenvalue weighted by atomic mass is 9.95. The highest BCUT2D eigenvalue weighted by Gasteiger charge is 2.40. The summed E-state index contributed by atoms with van der Waals surface area (Å²) in [5.74, 6) is -1.54. The van der Waals surface area contributed by atoms with E-state index in [9.17, 15) is 14.7 Å². The van der Waals surface area contributed by atoms with Crippen LogP contribution in [0.2, 0.25) is 0 Å². The molecular weight excluding hydrogens is 272 g/mol. The number of ether oxygens (including phenoxy) is 1. The normalized spacial score (nSPS) is 22.1. The van der Waals surface area contributed by atoms with Gasteiger partial charge in [0, 0.05) is 12.1 Å². The number of aliphatic carboxylic acids is 1. The van der Waals surface area contributed by atoms with Gasteiger partial charge >= 0.3 is 12.0 Å². The summed E-state index contributed by atoms with van der Waals surface area (Å²) in [6.45, 7) is 9.05. The van der Waals surface area contributed by atoms with E-state index in [0.29, 0.717) is 13.2 Å². The largest absolute Gasteiger partial charge is 0.481 e. The molecule has 1 aliphatic rings. The highest BCUT2D eigenvalue weighted by Crippen LogP contribution is 2.22. The fraction of sp³-hybridized carbons (Fsp3) is 0.867. The Labute approximate surface area is 126 Å². The van der Waals surface area contributed by atoms with E-state index >= 15 is 0 Å². The van der Waals surface area contributed by atoms with Crippen molar-refractivity contribution in [1.82, 2.24) is 10.2 Å². The number of hydrogen-bond acceptors (Lipinski definition) is 3. The van der Waals surface area contributed by atoms with Crippen molar-refractivity contribution in [3.05, 3.63) is 0 Å². The minimum Gasteiger partial charge on any atom is -0.481 e. The van der Waals surface area contributed by atoms with Crippen molar-refractivity contribution in [2.24, 2.45) is 5.92 Å². The first kappa shape index (κ1) is 17.8. The van der Waals surface area contributed by atoms with Crippen molar-refractivity contribution in [2.75, 3.05) is 19.8 Å². The fourth-order valence-corrected chi connectivity index (χ4v) is 2.50. The number of carboxylic acid groups (broad SMARTS) is 1. The van der Waals surface area contributed by atoms with Crippen molar-refractivity contribution in [3.63, 3.8) is 0 Å². The van der Waals surface area contributed by atoms with Gasteiger partial charge in [-0.2, -0.15) is 0 Å². The van der Waals surface area contributed by atoms with Gasteiger partial charge in [-0.3, -0.25) is 4.79 Å². The van der Waals surface area contributed by atoms with Gasteiger partial charge in [-0.05, 0) is 26.2 Å². The topological polar surface area (TPSA) is 78.9 Å². The zero-order valence-corrected chi connectivity index (χ0v) is 13.5. The number of nitrogens with zero attached hydrogens (tertiary/aromatic N) is 1. The molecule has 21 heavy (non-hydrogen) atoms. The zero-order chi connectivity index (χ0) is 16.0. The zero-order valence-electron chi connectivity index (χ0n) is 13.5. The van der Waals surface area contributed by atoms with Gasteiger partial charge in [0.05, 0.1) is 19.3 Å². The Balaban J connectivity index is 2.85. The Hall–Kier alpha value is -1.30. The number of carbonyl (C=O) groups is 2. The maximum atomic E-state index is 12.6. The molecule has 1 aliphatic heterocycles. The average molecular weight is 300 g/mol. The second-order valence-electron chi connectivity index (χ2n) is 5.94. The first-order valence-electron chi connectivity index (χ1n) is 7.77. The molecule has 1 fully saturated rings. The SMILES string of the molecule is CCCN(C(=O)NC(C)(CC)CC)C1COCC1C(=O)O. The van der Waals surface area contributed by atoms with E-state index < -0.39 is 11.9 Å². The number of amides is 2. The van der Waals surface area contributed by atoms with Gasteiger partial charge in [-0.15, -0.1) is 0 Å². The molecule has 0 aromatic heterocycles. The number of carboxylic acids is 1. The Bertz CT molecular complexity index is 369. The average Bonchev–Trinajstić information content (AvgIpc) is 2.93. The highest BCUT2D eigenvalue weighted by molar-refractivity contribution is 5.78. The second-order valence-corrected chi connectivity index (χ2v) is 5.94. The molecule has 1 heterocycles. The minimum atomic E-state index is -0.903. The summed E-state index contributed by atoms with van der Waals surface area (Å²) in [6, 6.07) is -0.579. The first-order chi connectivity index (χ1) is 9.88. The quantitative estimate of drug-likeness (QED) is 0.754. The third-order valence-corrected chi connectivity index (χ3v) is 4.46. The summed E-state index contributed by atoms with van der Waals surface area (Å²) in [4.78, 5) is 25.5. The molecule has 1 saturated heterocycles. The Morgan fingerprint density at radius 1 is 1.29 bits per heavy atom. The molecule has 6 nitrogen and oxygen atoms in total. The van der Waals surface area contributed by atoms with Crippen molar-refractivity contribution in [2.45, 2.75) is 58.5 Å². The van der Waals surface area contributed by atoms with Crippen LogP contribution in [0.25, 0.3) is 0 Å². The van der Waals surface area contributed by atoms with Gasteiger partial charge in [0.1, 0.15) is 5.92 Å². The molecule has 0 saturated carbocycles. The number of urea groups is 1. The van der Waals surface area contributed by atoms with Crippen molar-refractivity contribution < 1.29 is 19.4 Å². The van der Waals surface area contributed by atoms with Crippen molar-refractivity contribution in [1.29, 1.82) is 0 Å². The minimum absolute atomic E-state index is 0.173.